The molecule has 0 aliphatic heterocycles. The SMILES string of the molecule is CCNC(c1cc2c(s1)CCC2)C(C)c1ccncc1. The van der Waals surface area contributed by atoms with E-state index in [1.165, 1.54) is 29.7 Å². The summed E-state index contributed by atoms with van der Waals surface area (Å²) in [6.07, 6.45) is 7.68. The van der Waals surface area contributed by atoms with Crippen molar-refractivity contribution in [2.24, 2.45) is 0 Å². The summed E-state index contributed by atoms with van der Waals surface area (Å²) in [4.78, 5) is 7.25. The van der Waals surface area contributed by atoms with Gasteiger partial charge < -0.3 is 5.32 Å². The van der Waals surface area contributed by atoms with E-state index < -0.39 is 0 Å². The van der Waals surface area contributed by atoms with Crippen molar-refractivity contribution in [3.8, 4) is 0 Å². The summed E-state index contributed by atoms with van der Waals surface area (Å²) in [7, 11) is 0. The van der Waals surface area contributed by atoms with Gasteiger partial charge in [-0.1, -0.05) is 13.8 Å². The van der Waals surface area contributed by atoms with Gasteiger partial charge in [-0.05, 0) is 55.1 Å². The minimum atomic E-state index is 0.415. The Morgan fingerprint density at radius 2 is 2.10 bits per heavy atom. The minimum Gasteiger partial charge on any atom is -0.309 e. The molecule has 3 rings (SSSR count). The predicted molar refractivity (Wildman–Crippen MR) is 85.4 cm³/mol. The molecule has 0 aromatic carbocycles. The molecule has 2 atom stereocenters. The number of aryl methyl sites for hydroxylation is 2. The summed E-state index contributed by atoms with van der Waals surface area (Å²) in [5.74, 6) is 0.469. The monoisotopic (exact) mass is 286 g/mol. The maximum absolute atomic E-state index is 4.13. The molecule has 0 saturated heterocycles. The summed E-state index contributed by atoms with van der Waals surface area (Å²) in [5.41, 5.74) is 2.95. The molecule has 3 heteroatoms. The van der Waals surface area contributed by atoms with Gasteiger partial charge in [0.1, 0.15) is 0 Å². The van der Waals surface area contributed by atoms with Gasteiger partial charge in [-0.2, -0.15) is 0 Å². The van der Waals surface area contributed by atoms with Crippen LogP contribution >= 0.6 is 11.3 Å². The maximum Gasteiger partial charge on any atom is 0.0481 e. The number of aromatic nitrogens is 1. The molecule has 0 bridgehead atoms. The molecular weight excluding hydrogens is 264 g/mol. The number of nitrogens with one attached hydrogen (secondary N) is 1. The summed E-state index contributed by atoms with van der Waals surface area (Å²) >= 11 is 2.01. The average molecular weight is 286 g/mol. The van der Waals surface area contributed by atoms with Gasteiger partial charge in [0.15, 0.2) is 0 Å². The first-order valence-electron chi connectivity index (χ1n) is 7.54. The highest BCUT2D eigenvalue weighted by Crippen LogP contribution is 2.38. The molecule has 0 amide bonds. The topological polar surface area (TPSA) is 24.9 Å². The number of pyridine rings is 1. The van der Waals surface area contributed by atoms with E-state index in [2.05, 4.69) is 42.3 Å². The molecule has 2 nitrogen and oxygen atoms in total. The van der Waals surface area contributed by atoms with Gasteiger partial charge in [-0.3, -0.25) is 4.98 Å². The lowest BCUT2D eigenvalue weighted by Gasteiger charge is -2.24. The second-order valence-corrected chi connectivity index (χ2v) is 6.72. The van der Waals surface area contributed by atoms with E-state index in [4.69, 9.17) is 0 Å². The van der Waals surface area contributed by atoms with Gasteiger partial charge in [0, 0.05) is 34.1 Å². The van der Waals surface area contributed by atoms with Crippen LogP contribution in [-0.4, -0.2) is 11.5 Å². The first-order chi connectivity index (χ1) is 9.79. The lowest BCUT2D eigenvalue weighted by atomic mass is 9.92. The molecule has 0 radical (unpaired) electrons. The van der Waals surface area contributed by atoms with Crippen molar-refractivity contribution in [3.05, 3.63) is 51.5 Å². The van der Waals surface area contributed by atoms with E-state index >= 15 is 0 Å². The highest BCUT2D eigenvalue weighted by atomic mass is 32.1. The average Bonchev–Trinajstić information content (AvgIpc) is 3.06. The van der Waals surface area contributed by atoms with Crippen molar-refractivity contribution in [2.45, 2.75) is 45.1 Å². The number of fused-ring (bicyclic) bond motifs is 1. The van der Waals surface area contributed by atoms with Crippen LogP contribution < -0.4 is 5.32 Å². The van der Waals surface area contributed by atoms with E-state index in [-0.39, 0.29) is 0 Å². The lowest BCUT2D eigenvalue weighted by molar-refractivity contribution is 0.486. The molecule has 0 saturated carbocycles. The van der Waals surface area contributed by atoms with Crippen molar-refractivity contribution in [2.75, 3.05) is 6.54 Å². The Kier molecular flexibility index (Phi) is 4.18. The third-order valence-corrected chi connectivity index (χ3v) is 5.55. The van der Waals surface area contributed by atoms with Crippen LogP contribution in [0.1, 0.15) is 53.1 Å². The summed E-state index contributed by atoms with van der Waals surface area (Å²) in [5, 5.41) is 3.68. The van der Waals surface area contributed by atoms with Crippen LogP contribution in [0.3, 0.4) is 0 Å². The van der Waals surface area contributed by atoms with Crippen LogP contribution in [0.4, 0.5) is 0 Å². The zero-order valence-corrected chi connectivity index (χ0v) is 13.0. The quantitative estimate of drug-likeness (QED) is 0.895. The largest absolute Gasteiger partial charge is 0.309 e. The van der Waals surface area contributed by atoms with Crippen molar-refractivity contribution in [1.82, 2.24) is 10.3 Å². The van der Waals surface area contributed by atoms with Crippen LogP contribution in [0, 0.1) is 0 Å². The van der Waals surface area contributed by atoms with Gasteiger partial charge in [0.25, 0.3) is 0 Å². The molecule has 1 aliphatic carbocycles. The molecule has 2 aromatic rings. The zero-order valence-electron chi connectivity index (χ0n) is 12.2. The van der Waals surface area contributed by atoms with Crippen LogP contribution in [0.15, 0.2) is 30.6 Å². The Morgan fingerprint density at radius 3 is 2.80 bits per heavy atom. The predicted octanol–water partition coefficient (Wildman–Crippen LogP) is 4.09. The fraction of sp³-hybridized carbons (Fsp3) is 0.471. The second kappa shape index (κ2) is 6.06. The van der Waals surface area contributed by atoms with Crippen LogP contribution in [-0.2, 0) is 12.8 Å². The van der Waals surface area contributed by atoms with E-state index in [0.29, 0.717) is 12.0 Å². The molecule has 0 fully saturated rings. The second-order valence-electron chi connectivity index (χ2n) is 5.56. The normalized spacial score (nSPS) is 16.9. The highest BCUT2D eigenvalue weighted by molar-refractivity contribution is 7.12. The van der Waals surface area contributed by atoms with Gasteiger partial charge >= 0.3 is 0 Å². The number of nitrogens with zero attached hydrogens (tertiary/aromatic N) is 1. The lowest BCUT2D eigenvalue weighted by Crippen LogP contribution is -2.25. The van der Waals surface area contributed by atoms with Gasteiger partial charge in [0.2, 0.25) is 0 Å². The molecular formula is C17H22N2S. The molecule has 2 aromatic heterocycles. The molecule has 106 valence electrons. The number of rotatable bonds is 5. The highest BCUT2D eigenvalue weighted by Gasteiger charge is 2.24. The summed E-state index contributed by atoms with van der Waals surface area (Å²) in [6, 6.07) is 7.13. The first-order valence-corrected chi connectivity index (χ1v) is 8.36. The van der Waals surface area contributed by atoms with Crippen LogP contribution in [0.5, 0.6) is 0 Å². The van der Waals surface area contributed by atoms with Crippen LogP contribution in [0.25, 0.3) is 0 Å². The molecule has 2 heterocycles. The van der Waals surface area contributed by atoms with Gasteiger partial charge in [-0.15, -0.1) is 11.3 Å². The third kappa shape index (κ3) is 2.65. The Labute approximate surface area is 125 Å². The molecule has 2 unspecified atom stereocenters. The molecule has 0 spiro atoms. The summed E-state index contributed by atoms with van der Waals surface area (Å²) < 4.78 is 0. The van der Waals surface area contributed by atoms with Crippen molar-refractivity contribution >= 4 is 11.3 Å². The van der Waals surface area contributed by atoms with E-state index in [1.54, 1.807) is 10.4 Å². The van der Waals surface area contributed by atoms with Gasteiger partial charge in [0.05, 0.1) is 0 Å². The standard InChI is InChI=1S/C17H22N2S/c1-3-19-17(12(2)13-7-9-18-10-8-13)16-11-14-5-4-6-15(14)20-16/h7-12,17,19H,3-6H2,1-2H3. The fourth-order valence-electron chi connectivity index (χ4n) is 3.11. The number of hydrogen-bond donors (Lipinski definition) is 1. The molecule has 1 N–H and O–H groups in total. The van der Waals surface area contributed by atoms with E-state index in [1.807, 2.05) is 23.7 Å². The molecule has 20 heavy (non-hydrogen) atoms. The minimum absolute atomic E-state index is 0.415. The Morgan fingerprint density at radius 1 is 1.30 bits per heavy atom. The van der Waals surface area contributed by atoms with E-state index in [0.717, 1.165) is 6.54 Å². The Bertz CT molecular complexity index is 540. The smallest absolute Gasteiger partial charge is 0.0481 e. The zero-order chi connectivity index (χ0) is 13.9. The van der Waals surface area contributed by atoms with Crippen molar-refractivity contribution in [3.63, 3.8) is 0 Å². The van der Waals surface area contributed by atoms with Gasteiger partial charge in [-0.25, -0.2) is 0 Å². The number of thiophene rings is 1. The fourth-order valence-corrected chi connectivity index (χ4v) is 4.55. The third-order valence-electron chi connectivity index (χ3n) is 4.23. The number of hydrogen-bond acceptors (Lipinski definition) is 3. The van der Waals surface area contributed by atoms with E-state index in [9.17, 15) is 0 Å². The maximum atomic E-state index is 4.13. The summed E-state index contributed by atoms with van der Waals surface area (Å²) in [6.45, 7) is 5.50. The van der Waals surface area contributed by atoms with Crippen molar-refractivity contribution < 1.29 is 0 Å². The first kappa shape index (κ1) is 13.8. The Balaban J connectivity index is 1.88. The Hall–Kier alpha value is -1.19. The number of likely N-dealkylation sites (N-methyl/N-ethyl adjacent to an activating group) is 1. The molecule has 1 aliphatic rings. The van der Waals surface area contributed by atoms with Crippen LogP contribution in [0.2, 0.25) is 0 Å². The van der Waals surface area contributed by atoms with Crippen molar-refractivity contribution in [1.29, 1.82) is 0 Å².